The highest BCUT2D eigenvalue weighted by molar-refractivity contribution is 6.01. The van der Waals surface area contributed by atoms with Crippen molar-refractivity contribution in [1.82, 2.24) is 0 Å². The van der Waals surface area contributed by atoms with E-state index in [1.807, 2.05) is 18.3 Å². The van der Waals surface area contributed by atoms with Gasteiger partial charge in [0.25, 0.3) is 0 Å². The first kappa shape index (κ1) is 17.3. The van der Waals surface area contributed by atoms with Gasteiger partial charge in [-0.1, -0.05) is 13.8 Å². The van der Waals surface area contributed by atoms with E-state index in [4.69, 9.17) is 10.7 Å². The van der Waals surface area contributed by atoms with Gasteiger partial charge in [-0.2, -0.15) is 0 Å². The minimum absolute atomic E-state index is 0.129. The number of amides is 1. The van der Waals surface area contributed by atoms with Crippen molar-refractivity contribution in [3.8, 4) is 0 Å². The zero-order valence-corrected chi connectivity index (χ0v) is 14.6. The van der Waals surface area contributed by atoms with Crippen molar-refractivity contribution in [2.24, 2.45) is 10.9 Å². The van der Waals surface area contributed by atoms with Gasteiger partial charge in [0, 0.05) is 30.6 Å². The maximum Gasteiger partial charge on any atom is 0.211 e. The third kappa shape index (κ3) is 4.03. The van der Waals surface area contributed by atoms with E-state index in [9.17, 15) is 4.79 Å². The lowest BCUT2D eigenvalue weighted by Crippen LogP contribution is -2.23. The molecule has 2 rings (SSSR count). The summed E-state index contributed by atoms with van der Waals surface area (Å²) in [5, 5.41) is 2.81. The van der Waals surface area contributed by atoms with Crippen LogP contribution in [0.4, 0.5) is 17.1 Å². The first-order valence-electron chi connectivity index (χ1n) is 8.30. The highest BCUT2D eigenvalue weighted by Gasteiger charge is 2.24. The smallest absolute Gasteiger partial charge is 0.211 e. The number of benzene rings is 1. The Labute approximate surface area is 139 Å². The summed E-state index contributed by atoms with van der Waals surface area (Å²) >= 11 is 0. The van der Waals surface area contributed by atoms with Crippen LogP contribution < -0.4 is 16.0 Å². The number of nitrogen functional groups attached to an aromatic ring is 1. The zero-order chi connectivity index (χ0) is 17.0. The number of hydrogen-bond donors (Lipinski definition) is 2. The lowest BCUT2D eigenvalue weighted by molar-refractivity contribution is -0.105. The van der Waals surface area contributed by atoms with Crippen LogP contribution in [0.2, 0.25) is 0 Å². The van der Waals surface area contributed by atoms with Crippen LogP contribution in [0.5, 0.6) is 0 Å². The minimum atomic E-state index is -0.129. The normalized spacial score (nSPS) is 18.6. The number of hydrogen-bond acceptors (Lipinski definition) is 4. The van der Waals surface area contributed by atoms with Crippen molar-refractivity contribution >= 4 is 29.7 Å². The third-order valence-electron chi connectivity index (χ3n) is 4.61. The van der Waals surface area contributed by atoms with Crippen LogP contribution in [0.3, 0.4) is 0 Å². The van der Waals surface area contributed by atoms with Gasteiger partial charge in [0.1, 0.15) is 0 Å². The minimum Gasteiger partial charge on any atom is -0.398 e. The Morgan fingerprint density at radius 2 is 2.22 bits per heavy atom. The molecule has 1 saturated heterocycles. The molecule has 126 valence electrons. The highest BCUT2D eigenvalue weighted by Crippen LogP contribution is 2.36. The SMILES string of the molecule is CCC(C)(C)N=Cc1c(N)ccc(NC=O)c1N1CC[C@H](C)C1. The molecule has 0 aromatic heterocycles. The van der Waals surface area contributed by atoms with E-state index < -0.39 is 0 Å². The second-order valence-corrected chi connectivity index (χ2v) is 6.99. The molecule has 0 aliphatic carbocycles. The van der Waals surface area contributed by atoms with Crippen LogP contribution >= 0.6 is 0 Å². The van der Waals surface area contributed by atoms with Gasteiger partial charge < -0.3 is 16.0 Å². The fraction of sp³-hybridized carbons (Fsp3) is 0.556. The number of carbonyl (C=O) groups is 1. The molecule has 0 unspecified atom stereocenters. The van der Waals surface area contributed by atoms with E-state index in [2.05, 4.69) is 37.9 Å². The molecule has 1 aliphatic rings. The maximum absolute atomic E-state index is 11.0. The third-order valence-corrected chi connectivity index (χ3v) is 4.61. The molecule has 1 amide bonds. The van der Waals surface area contributed by atoms with Crippen molar-refractivity contribution < 1.29 is 4.79 Å². The fourth-order valence-corrected chi connectivity index (χ4v) is 2.75. The van der Waals surface area contributed by atoms with E-state index in [0.717, 1.165) is 42.9 Å². The van der Waals surface area contributed by atoms with Crippen LogP contribution in [0.15, 0.2) is 17.1 Å². The van der Waals surface area contributed by atoms with Gasteiger partial charge >= 0.3 is 0 Å². The fourth-order valence-electron chi connectivity index (χ4n) is 2.75. The van der Waals surface area contributed by atoms with Crippen molar-refractivity contribution in [3.63, 3.8) is 0 Å². The molecule has 0 spiro atoms. The van der Waals surface area contributed by atoms with Crippen LogP contribution in [0.1, 0.15) is 46.1 Å². The number of aliphatic imine (C=N–C) groups is 1. The second kappa shape index (κ2) is 7.02. The summed E-state index contributed by atoms with van der Waals surface area (Å²) in [7, 11) is 0. The van der Waals surface area contributed by atoms with Gasteiger partial charge in [0.15, 0.2) is 0 Å². The van der Waals surface area contributed by atoms with E-state index >= 15 is 0 Å². The first-order chi connectivity index (χ1) is 10.9. The Kier molecular flexibility index (Phi) is 5.29. The van der Waals surface area contributed by atoms with Gasteiger partial charge in [0.2, 0.25) is 6.41 Å². The van der Waals surface area contributed by atoms with Crippen molar-refractivity contribution in [2.75, 3.05) is 29.0 Å². The van der Waals surface area contributed by atoms with Crippen molar-refractivity contribution in [3.05, 3.63) is 17.7 Å². The molecule has 1 aromatic rings. The van der Waals surface area contributed by atoms with Gasteiger partial charge in [-0.05, 0) is 44.7 Å². The Morgan fingerprint density at radius 1 is 1.48 bits per heavy atom. The lowest BCUT2D eigenvalue weighted by atomic mass is 10.0. The molecule has 1 atom stereocenters. The molecule has 3 N–H and O–H groups in total. The molecule has 5 nitrogen and oxygen atoms in total. The number of anilines is 3. The van der Waals surface area contributed by atoms with E-state index in [1.54, 1.807) is 0 Å². The molecule has 1 aliphatic heterocycles. The summed E-state index contributed by atoms with van der Waals surface area (Å²) in [5.41, 5.74) is 9.45. The van der Waals surface area contributed by atoms with Crippen molar-refractivity contribution in [1.29, 1.82) is 0 Å². The van der Waals surface area contributed by atoms with Crippen LogP contribution in [0.25, 0.3) is 0 Å². The molecule has 0 bridgehead atoms. The number of rotatable bonds is 6. The summed E-state index contributed by atoms with van der Waals surface area (Å²) in [6.07, 6.45) is 4.68. The first-order valence-corrected chi connectivity index (χ1v) is 8.30. The summed E-state index contributed by atoms with van der Waals surface area (Å²) in [6.45, 7) is 10.5. The lowest BCUT2D eigenvalue weighted by Gasteiger charge is -2.25. The molecule has 5 heteroatoms. The number of nitrogens with zero attached hydrogens (tertiary/aromatic N) is 2. The maximum atomic E-state index is 11.0. The number of nitrogens with two attached hydrogens (primary N) is 1. The average molecular weight is 316 g/mol. The summed E-state index contributed by atoms with van der Waals surface area (Å²) in [4.78, 5) is 18.0. The van der Waals surface area contributed by atoms with Crippen molar-refractivity contribution in [2.45, 2.75) is 46.1 Å². The molecule has 1 heterocycles. The van der Waals surface area contributed by atoms with E-state index in [-0.39, 0.29) is 5.54 Å². The summed E-state index contributed by atoms with van der Waals surface area (Å²) in [6, 6.07) is 3.69. The highest BCUT2D eigenvalue weighted by atomic mass is 16.1. The number of nitrogens with one attached hydrogen (secondary N) is 1. The molecule has 1 aromatic carbocycles. The Bertz CT molecular complexity index is 595. The predicted octanol–water partition coefficient (Wildman–Crippen LogP) is 3.29. The van der Waals surface area contributed by atoms with E-state index in [1.165, 1.54) is 0 Å². The van der Waals surface area contributed by atoms with Crippen LogP contribution in [-0.2, 0) is 4.79 Å². The second-order valence-electron chi connectivity index (χ2n) is 6.99. The largest absolute Gasteiger partial charge is 0.398 e. The van der Waals surface area contributed by atoms with Gasteiger partial charge in [0.05, 0.1) is 16.9 Å². The quantitative estimate of drug-likeness (QED) is 0.480. The monoisotopic (exact) mass is 316 g/mol. The molecular weight excluding hydrogens is 288 g/mol. The zero-order valence-electron chi connectivity index (χ0n) is 14.6. The summed E-state index contributed by atoms with van der Waals surface area (Å²) < 4.78 is 0. The average Bonchev–Trinajstić information content (AvgIpc) is 2.94. The Hall–Kier alpha value is -2.04. The summed E-state index contributed by atoms with van der Waals surface area (Å²) in [5.74, 6) is 0.636. The van der Waals surface area contributed by atoms with Crippen LogP contribution in [0, 0.1) is 5.92 Å². The van der Waals surface area contributed by atoms with Gasteiger partial charge in [-0.3, -0.25) is 9.79 Å². The molecule has 0 saturated carbocycles. The van der Waals surface area contributed by atoms with Gasteiger partial charge in [-0.25, -0.2) is 0 Å². The molecule has 23 heavy (non-hydrogen) atoms. The molecular formula is C18H28N4O. The van der Waals surface area contributed by atoms with E-state index in [0.29, 0.717) is 18.0 Å². The standard InChI is InChI=1S/C18H28N4O/c1-5-18(3,4)21-10-14-15(19)6-7-16(20-12-23)17(14)22-9-8-13(2)11-22/h6-7,10,12-13H,5,8-9,11,19H2,1-4H3,(H,20,23)/t13-/m0/s1. The molecule has 1 fully saturated rings. The number of carbonyl (C=O) groups excluding carboxylic acids is 1. The predicted molar refractivity (Wildman–Crippen MR) is 98.5 cm³/mol. The van der Waals surface area contributed by atoms with Crippen LogP contribution in [-0.4, -0.2) is 31.3 Å². The Balaban J connectivity index is 2.50. The molecule has 0 radical (unpaired) electrons. The van der Waals surface area contributed by atoms with Gasteiger partial charge in [-0.15, -0.1) is 0 Å². The topological polar surface area (TPSA) is 70.7 Å². The Morgan fingerprint density at radius 3 is 2.78 bits per heavy atom.